The van der Waals surface area contributed by atoms with Gasteiger partial charge < -0.3 is 14.6 Å². The Labute approximate surface area is 213 Å². The van der Waals surface area contributed by atoms with Gasteiger partial charge in [0.25, 0.3) is 0 Å². The Hall–Kier alpha value is -3.90. The van der Waals surface area contributed by atoms with Gasteiger partial charge in [-0.05, 0) is 66.8 Å². The van der Waals surface area contributed by atoms with Gasteiger partial charge in [-0.3, -0.25) is 4.79 Å². The lowest BCUT2D eigenvalue weighted by molar-refractivity contribution is -0.116. The summed E-state index contributed by atoms with van der Waals surface area (Å²) in [4.78, 5) is 24.4. The molecule has 6 nitrogen and oxygen atoms in total. The van der Waals surface area contributed by atoms with Crippen LogP contribution in [0.1, 0.15) is 18.7 Å². The third-order valence-electron chi connectivity index (χ3n) is 6.72. The molecule has 0 saturated carbocycles. The molecule has 5 aromatic rings. The van der Waals surface area contributed by atoms with Gasteiger partial charge in [-0.25, -0.2) is 9.97 Å². The highest BCUT2D eigenvalue weighted by atomic mass is 35.5. The van der Waals surface area contributed by atoms with E-state index < -0.39 is 0 Å². The van der Waals surface area contributed by atoms with Gasteiger partial charge in [0.15, 0.2) is 11.4 Å². The number of hydrogen-bond acceptors (Lipinski definition) is 5. The molecule has 36 heavy (non-hydrogen) atoms. The van der Waals surface area contributed by atoms with Crippen molar-refractivity contribution in [1.29, 1.82) is 0 Å². The number of aryl methyl sites for hydroxylation is 1. The number of nitrogens with zero attached hydrogens (tertiary/aromatic N) is 3. The van der Waals surface area contributed by atoms with Crippen molar-refractivity contribution in [2.75, 3.05) is 23.3 Å². The third kappa shape index (κ3) is 4.40. The summed E-state index contributed by atoms with van der Waals surface area (Å²) in [7, 11) is 0. The summed E-state index contributed by atoms with van der Waals surface area (Å²) < 4.78 is 6.14. The van der Waals surface area contributed by atoms with Crippen molar-refractivity contribution >= 4 is 51.1 Å². The molecule has 3 heterocycles. The number of halogens is 1. The standard InChI is InChI=1S/C29H25ClN4O2/c1-18-31-27-24-4-2-3-5-25(24)36-28(27)29(32-18)34-15-14-19(17-34)16-26(35)33-23-12-8-21(9-13-23)20-6-10-22(30)11-7-20/h2-13,19H,14-17H2,1H3,(H,33,35)/t19-/m1/s1. The van der Waals surface area contributed by atoms with Crippen molar-refractivity contribution in [3.8, 4) is 11.1 Å². The molecule has 0 radical (unpaired) electrons. The van der Waals surface area contributed by atoms with E-state index in [2.05, 4.69) is 15.2 Å². The Morgan fingerprint density at radius 3 is 2.53 bits per heavy atom. The second-order valence-corrected chi connectivity index (χ2v) is 9.74. The molecule has 1 N–H and O–H groups in total. The Bertz CT molecular complexity index is 1560. The number of hydrogen-bond donors (Lipinski definition) is 1. The molecule has 3 aromatic carbocycles. The number of rotatable bonds is 5. The number of nitrogens with one attached hydrogen (secondary N) is 1. The van der Waals surface area contributed by atoms with Crippen LogP contribution in [-0.2, 0) is 4.79 Å². The summed E-state index contributed by atoms with van der Waals surface area (Å²) in [6.07, 6.45) is 1.39. The average Bonchev–Trinajstić information content (AvgIpc) is 3.49. The monoisotopic (exact) mass is 496 g/mol. The van der Waals surface area contributed by atoms with Crippen molar-refractivity contribution < 1.29 is 9.21 Å². The fraction of sp³-hybridized carbons (Fsp3) is 0.207. The average molecular weight is 497 g/mol. The number of amides is 1. The van der Waals surface area contributed by atoms with E-state index in [1.54, 1.807) is 0 Å². The molecule has 1 atom stereocenters. The summed E-state index contributed by atoms with van der Waals surface area (Å²) >= 11 is 5.98. The van der Waals surface area contributed by atoms with E-state index in [0.717, 1.165) is 58.6 Å². The molecule has 0 unspecified atom stereocenters. The molecule has 7 heteroatoms. The summed E-state index contributed by atoms with van der Waals surface area (Å²) in [6, 6.07) is 23.5. The molecule has 1 fully saturated rings. The third-order valence-corrected chi connectivity index (χ3v) is 6.97. The second kappa shape index (κ2) is 9.28. The number of fused-ring (bicyclic) bond motifs is 3. The summed E-state index contributed by atoms with van der Waals surface area (Å²) in [5.41, 5.74) is 5.33. The topological polar surface area (TPSA) is 71.3 Å². The molecule has 0 bridgehead atoms. The lowest BCUT2D eigenvalue weighted by Gasteiger charge is -2.18. The van der Waals surface area contributed by atoms with E-state index in [-0.39, 0.29) is 11.8 Å². The van der Waals surface area contributed by atoms with Crippen molar-refractivity contribution in [1.82, 2.24) is 9.97 Å². The van der Waals surface area contributed by atoms with Crippen LogP contribution in [0.5, 0.6) is 0 Å². The Morgan fingerprint density at radius 2 is 1.75 bits per heavy atom. The molecular weight excluding hydrogens is 472 g/mol. The smallest absolute Gasteiger partial charge is 0.224 e. The van der Waals surface area contributed by atoms with Crippen LogP contribution in [0.25, 0.3) is 33.2 Å². The van der Waals surface area contributed by atoms with E-state index in [1.165, 1.54) is 0 Å². The van der Waals surface area contributed by atoms with Crippen LogP contribution in [0.15, 0.2) is 77.2 Å². The molecule has 1 saturated heterocycles. The highest BCUT2D eigenvalue weighted by molar-refractivity contribution is 6.30. The van der Waals surface area contributed by atoms with Gasteiger partial charge in [0.2, 0.25) is 5.91 Å². The minimum atomic E-state index is 0.0221. The number of benzene rings is 3. The highest BCUT2D eigenvalue weighted by Crippen LogP contribution is 2.35. The van der Waals surface area contributed by atoms with Crippen LogP contribution in [0.4, 0.5) is 11.5 Å². The van der Waals surface area contributed by atoms with Crippen LogP contribution in [-0.4, -0.2) is 29.0 Å². The quantitative estimate of drug-likeness (QED) is 0.288. The Kier molecular flexibility index (Phi) is 5.82. The number of para-hydroxylation sites is 1. The molecule has 180 valence electrons. The van der Waals surface area contributed by atoms with E-state index >= 15 is 0 Å². The SMILES string of the molecule is Cc1nc(N2CC[C@H](CC(=O)Nc3ccc(-c4ccc(Cl)cc4)cc3)C2)c2oc3ccccc3c2n1. The predicted molar refractivity (Wildman–Crippen MR) is 145 cm³/mol. The van der Waals surface area contributed by atoms with Crippen LogP contribution in [0, 0.1) is 12.8 Å². The van der Waals surface area contributed by atoms with Gasteiger partial charge in [-0.15, -0.1) is 0 Å². The van der Waals surface area contributed by atoms with Gasteiger partial charge in [-0.1, -0.05) is 48.0 Å². The van der Waals surface area contributed by atoms with Gasteiger partial charge in [0.05, 0.1) is 0 Å². The largest absolute Gasteiger partial charge is 0.450 e. The first-order valence-electron chi connectivity index (χ1n) is 12.1. The van der Waals surface area contributed by atoms with Crippen molar-refractivity contribution in [2.24, 2.45) is 5.92 Å². The molecule has 6 rings (SSSR count). The van der Waals surface area contributed by atoms with Gasteiger partial charge >= 0.3 is 0 Å². The fourth-order valence-corrected chi connectivity index (χ4v) is 5.08. The minimum Gasteiger partial charge on any atom is -0.450 e. The molecular formula is C29H25ClN4O2. The highest BCUT2D eigenvalue weighted by Gasteiger charge is 2.28. The zero-order valence-corrected chi connectivity index (χ0v) is 20.6. The van der Waals surface area contributed by atoms with E-state index in [9.17, 15) is 4.79 Å². The summed E-state index contributed by atoms with van der Waals surface area (Å²) in [5, 5.41) is 4.75. The molecule has 0 spiro atoms. The van der Waals surface area contributed by atoms with Crippen molar-refractivity contribution in [3.05, 3.63) is 83.6 Å². The maximum absolute atomic E-state index is 12.8. The minimum absolute atomic E-state index is 0.0221. The zero-order chi connectivity index (χ0) is 24.6. The van der Waals surface area contributed by atoms with Crippen LogP contribution >= 0.6 is 11.6 Å². The van der Waals surface area contributed by atoms with Crippen molar-refractivity contribution in [3.63, 3.8) is 0 Å². The lowest BCUT2D eigenvalue weighted by atomic mass is 10.0. The molecule has 1 amide bonds. The molecule has 2 aromatic heterocycles. The van der Waals surface area contributed by atoms with Crippen LogP contribution in [0.3, 0.4) is 0 Å². The van der Waals surface area contributed by atoms with E-state index in [4.69, 9.17) is 21.0 Å². The second-order valence-electron chi connectivity index (χ2n) is 9.31. The molecule has 0 aliphatic carbocycles. The zero-order valence-electron chi connectivity index (χ0n) is 19.9. The van der Waals surface area contributed by atoms with Crippen molar-refractivity contribution in [2.45, 2.75) is 19.8 Å². The maximum Gasteiger partial charge on any atom is 0.224 e. The first-order valence-corrected chi connectivity index (χ1v) is 12.5. The predicted octanol–water partition coefficient (Wildman–Crippen LogP) is 6.86. The normalized spacial score (nSPS) is 15.6. The number of carbonyl (C=O) groups excluding carboxylic acids is 1. The molecule has 1 aliphatic rings. The first-order chi connectivity index (χ1) is 17.5. The van der Waals surface area contributed by atoms with Gasteiger partial charge in [0, 0.05) is 35.6 Å². The molecule has 1 aliphatic heterocycles. The Morgan fingerprint density at radius 1 is 1.03 bits per heavy atom. The van der Waals surface area contributed by atoms with Gasteiger partial charge in [-0.2, -0.15) is 0 Å². The van der Waals surface area contributed by atoms with Gasteiger partial charge in [0.1, 0.15) is 16.9 Å². The Balaban J connectivity index is 1.12. The fourth-order valence-electron chi connectivity index (χ4n) is 4.95. The number of furan rings is 1. The maximum atomic E-state index is 12.8. The number of anilines is 2. The summed E-state index contributed by atoms with van der Waals surface area (Å²) in [6.45, 7) is 3.49. The van der Waals surface area contributed by atoms with Crippen LogP contribution < -0.4 is 10.2 Å². The lowest BCUT2D eigenvalue weighted by Crippen LogP contribution is -2.23. The van der Waals surface area contributed by atoms with E-state index in [0.29, 0.717) is 22.9 Å². The summed E-state index contributed by atoms with van der Waals surface area (Å²) in [5.74, 6) is 1.79. The number of carbonyl (C=O) groups is 1. The first kappa shape index (κ1) is 22.6. The van der Waals surface area contributed by atoms with Crippen LogP contribution in [0.2, 0.25) is 5.02 Å². The number of aromatic nitrogens is 2. The van der Waals surface area contributed by atoms with E-state index in [1.807, 2.05) is 79.7 Å².